The van der Waals surface area contributed by atoms with Crippen molar-refractivity contribution in [1.29, 1.82) is 0 Å². The molecular formula is C20H24O. The van der Waals surface area contributed by atoms with Crippen LogP contribution in [0.4, 0.5) is 0 Å². The zero-order chi connectivity index (χ0) is 15.1. The van der Waals surface area contributed by atoms with Gasteiger partial charge in [-0.2, -0.15) is 0 Å². The average molecular weight is 280 g/mol. The van der Waals surface area contributed by atoms with Crippen molar-refractivity contribution in [2.75, 3.05) is 0 Å². The largest absolute Gasteiger partial charge is 0.300 e. The summed E-state index contributed by atoms with van der Waals surface area (Å²) in [5, 5.41) is 0. The Bertz CT molecular complexity index is 569. The average Bonchev–Trinajstić information content (AvgIpc) is 2.52. The van der Waals surface area contributed by atoms with Crippen molar-refractivity contribution in [2.24, 2.45) is 0 Å². The lowest BCUT2D eigenvalue weighted by Crippen LogP contribution is -2.02. The van der Waals surface area contributed by atoms with E-state index < -0.39 is 0 Å². The molecule has 0 atom stereocenters. The van der Waals surface area contributed by atoms with E-state index in [1.165, 1.54) is 16.7 Å². The van der Waals surface area contributed by atoms with Crippen LogP contribution < -0.4 is 0 Å². The Morgan fingerprint density at radius 3 is 2.14 bits per heavy atom. The van der Waals surface area contributed by atoms with Crippen LogP contribution in [0.1, 0.15) is 49.3 Å². The third kappa shape index (κ3) is 5.18. The molecule has 21 heavy (non-hydrogen) atoms. The van der Waals surface area contributed by atoms with E-state index in [9.17, 15) is 4.79 Å². The van der Waals surface area contributed by atoms with Gasteiger partial charge in [0.1, 0.15) is 5.78 Å². The van der Waals surface area contributed by atoms with E-state index >= 15 is 0 Å². The molecule has 0 aliphatic rings. The molecule has 0 amide bonds. The smallest absolute Gasteiger partial charge is 0.133 e. The van der Waals surface area contributed by atoms with Crippen molar-refractivity contribution < 1.29 is 4.79 Å². The normalized spacial score (nSPS) is 10.8. The second-order valence-corrected chi connectivity index (χ2v) is 5.92. The topological polar surface area (TPSA) is 17.1 Å². The first-order chi connectivity index (χ1) is 10.1. The molecule has 0 radical (unpaired) electrons. The van der Waals surface area contributed by atoms with Gasteiger partial charge in [-0.3, -0.25) is 4.79 Å². The lowest BCUT2D eigenvalue weighted by atomic mass is 9.97. The molecule has 0 aliphatic carbocycles. The number of carbonyl (C=O) groups excluding carboxylic acids is 1. The lowest BCUT2D eigenvalue weighted by Gasteiger charge is -2.08. The molecule has 0 aliphatic heterocycles. The second-order valence-electron chi connectivity index (χ2n) is 5.92. The molecule has 0 unspecified atom stereocenters. The SMILES string of the molecule is CC(C)c1cccc(CCC(=O)CCc2ccccc2)c1. The number of Topliss-reactive ketones (excluding diaryl/α,β-unsaturated/α-hetero) is 1. The minimum Gasteiger partial charge on any atom is -0.300 e. The van der Waals surface area contributed by atoms with Crippen LogP contribution >= 0.6 is 0 Å². The van der Waals surface area contributed by atoms with Crippen LogP contribution in [0.25, 0.3) is 0 Å². The standard InChI is InChI=1S/C20H24O/c1-16(2)19-10-6-9-18(15-19)12-14-20(21)13-11-17-7-4-3-5-8-17/h3-10,15-16H,11-14H2,1-2H3. The highest BCUT2D eigenvalue weighted by atomic mass is 16.1. The highest BCUT2D eigenvalue weighted by Crippen LogP contribution is 2.16. The zero-order valence-electron chi connectivity index (χ0n) is 13.0. The fraction of sp³-hybridized carbons (Fsp3) is 0.350. The van der Waals surface area contributed by atoms with Crippen molar-refractivity contribution >= 4 is 5.78 Å². The van der Waals surface area contributed by atoms with E-state index in [4.69, 9.17) is 0 Å². The van der Waals surface area contributed by atoms with Gasteiger partial charge in [0.2, 0.25) is 0 Å². The van der Waals surface area contributed by atoms with Crippen LogP contribution in [-0.4, -0.2) is 5.78 Å². The first-order valence-corrected chi connectivity index (χ1v) is 7.79. The maximum Gasteiger partial charge on any atom is 0.133 e. The maximum absolute atomic E-state index is 12.0. The minimum absolute atomic E-state index is 0.355. The number of ketones is 1. The van der Waals surface area contributed by atoms with Gasteiger partial charge in [-0.05, 0) is 35.4 Å². The van der Waals surface area contributed by atoms with Gasteiger partial charge in [0.15, 0.2) is 0 Å². The van der Waals surface area contributed by atoms with Crippen LogP contribution in [0.2, 0.25) is 0 Å². The fourth-order valence-electron chi connectivity index (χ4n) is 2.44. The number of aryl methyl sites for hydroxylation is 2. The molecule has 0 aromatic heterocycles. The molecule has 1 nitrogen and oxygen atoms in total. The van der Waals surface area contributed by atoms with Gasteiger partial charge in [-0.1, -0.05) is 68.4 Å². The quantitative estimate of drug-likeness (QED) is 0.701. The maximum atomic E-state index is 12.0. The predicted octanol–water partition coefficient (Wildman–Crippen LogP) is 4.94. The summed E-state index contributed by atoms with van der Waals surface area (Å²) in [5.41, 5.74) is 3.87. The van der Waals surface area contributed by atoms with E-state index in [2.05, 4.69) is 50.2 Å². The summed E-state index contributed by atoms with van der Waals surface area (Å²) < 4.78 is 0. The molecule has 0 N–H and O–H groups in total. The van der Waals surface area contributed by atoms with Crippen LogP contribution in [0.3, 0.4) is 0 Å². The lowest BCUT2D eigenvalue weighted by molar-refractivity contribution is -0.119. The van der Waals surface area contributed by atoms with Gasteiger partial charge < -0.3 is 0 Å². The Hall–Kier alpha value is -1.89. The van der Waals surface area contributed by atoms with E-state index in [0.29, 0.717) is 24.5 Å². The van der Waals surface area contributed by atoms with Crippen molar-refractivity contribution in [3.63, 3.8) is 0 Å². The van der Waals surface area contributed by atoms with Gasteiger partial charge in [0.25, 0.3) is 0 Å². The molecule has 0 fully saturated rings. The Kier molecular flexibility index (Phi) is 5.74. The molecule has 2 aromatic rings. The summed E-state index contributed by atoms with van der Waals surface area (Å²) in [4.78, 5) is 12.0. The molecule has 0 spiro atoms. The zero-order valence-corrected chi connectivity index (χ0v) is 13.0. The second kappa shape index (κ2) is 7.78. The number of benzene rings is 2. The first kappa shape index (κ1) is 15.5. The summed E-state index contributed by atoms with van der Waals surface area (Å²) >= 11 is 0. The van der Waals surface area contributed by atoms with Crippen LogP contribution in [0, 0.1) is 0 Å². The third-order valence-electron chi connectivity index (χ3n) is 3.85. The summed E-state index contributed by atoms with van der Waals surface area (Å²) in [5.74, 6) is 0.896. The number of rotatable bonds is 7. The minimum atomic E-state index is 0.355. The predicted molar refractivity (Wildman–Crippen MR) is 88.6 cm³/mol. The Morgan fingerprint density at radius 2 is 1.48 bits per heavy atom. The molecule has 110 valence electrons. The highest BCUT2D eigenvalue weighted by molar-refractivity contribution is 5.78. The molecule has 0 saturated heterocycles. The number of hydrogen-bond donors (Lipinski definition) is 0. The summed E-state index contributed by atoms with van der Waals surface area (Å²) in [6.45, 7) is 4.40. The molecule has 0 heterocycles. The van der Waals surface area contributed by atoms with Crippen LogP contribution in [0.15, 0.2) is 54.6 Å². The van der Waals surface area contributed by atoms with E-state index in [0.717, 1.165) is 12.8 Å². The van der Waals surface area contributed by atoms with Crippen LogP contribution in [-0.2, 0) is 17.6 Å². The Balaban J connectivity index is 1.80. The summed E-state index contributed by atoms with van der Waals surface area (Å²) in [6.07, 6.45) is 3.00. The van der Waals surface area contributed by atoms with Crippen molar-refractivity contribution in [2.45, 2.75) is 45.4 Å². The van der Waals surface area contributed by atoms with Gasteiger partial charge in [-0.25, -0.2) is 0 Å². The molecular weight excluding hydrogens is 256 g/mol. The van der Waals surface area contributed by atoms with E-state index in [-0.39, 0.29) is 0 Å². The Morgan fingerprint density at radius 1 is 0.857 bits per heavy atom. The summed E-state index contributed by atoms with van der Waals surface area (Å²) in [7, 11) is 0. The molecule has 2 rings (SSSR count). The fourth-order valence-corrected chi connectivity index (χ4v) is 2.44. The Labute approximate surface area is 128 Å². The number of carbonyl (C=O) groups is 1. The number of hydrogen-bond acceptors (Lipinski definition) is 1. The van der Waals surface area contributed by atoms with Crippen molar-refractivity contribution in [3.8, 4) is 0 Å². The molecule has 1 heteroatoms. The van der Waals surface area contributed by atoms with Gasteiger partial charge in [-0.15, -0.1) is 0 Å². The van der Waals surface area contributed by atoms with Crippen molar-refractivity contribution in [3.05, 3.63) is 71.3 Å². The van der Waals surface area contributed by atoms with Crippen molar-refractivity contribution in [1.82, 2.24) is 0 Å². The first-order valence-electron chi connectivity index (χ1n) is 7.79. The molecule has 0 saturated carbocycles. The van der Waals surface area contributed by atoms with E-state index in [1.807, 2.05) is 18.2 Å². The van der Waals surface area contributed by atoms with Gasteiger partial charge in [0.05, 0.1) is 0 Å². The highest BCUT2D eigenvalue weighted by Gasteiger charge is 2.05. The van der Waals surface area contributed by atoms with Crippen LogP contribution in [0.5, 0.6) is 0 Å². The molecule has 2 aromatic carbocycles. The molecule has 0 bridgehead atoms. The van der Waals surface area contributed by atoms with Gasteiger partial charge >= 0.3 is 0 Å². The summed E-state index contributed by atoms with van der Waals surface area (Å²) in [6, 6.07) is 18.8. The van der Waals surface area contributed by atoms with E-state index in [1.54, 1.807) is 0 Å². The van der Waals surface area contributed by atoms with Gasteiger partial charge in [0, 0.05) is 12.8 Å². The third-order valence-corrected chi connectivity index (χ3v) is 3.85. The monoisotopic (exact) mass is 280 g/mol.